The van der Waals surface area contributed by atoms with Crippen molar-refractivity contribution in [2.75, 3.05) is 24.7 Å². The Morgan fingerprint density at radius 1 is 1.11 bits per heavy atom. The van der Waals surface area contributed by atoms with Gasteiger partial charge in [0.2, 0.25) is 5.91 Å². The number of para-hydroxylation sites is 1. The van der Waals surface area contributed by atoms with Gasteiger partial charge in [0, 0.05) is 26.2 Å². The van der Waals surface area contributed by atoms with Crippen LogP contribution in [0, 0.1) is 0 Å². The minimum absolute atomic E-state index is 0.0984. The monoisotopic (exact) mass is 498 g/mol. The number of esters is 1. The highest BCUT2D eigenvalue weighted by Crippen LogP contribution is 2.30. The molecule has 4 rings (SSSR count). The summed E-state index contributed by atoms with van der Waals surface area (Å²) in [4.78, 5) is 40.6. The molecule has 0 atom stereocenters. The molecule has 0 spiro atoms. The summed E-state index contributed by atoms with van der Waals surface area (Å²) in [5, 5.41) is 11.6. The average molecular weight is 499 g/mol. The van der Waals surface area contributed by atoms with E-state index < -0.39 is 11.9 Å². The highest BCUT2D eigenvalue weighted by atomic mass is 35.5. The maximum absolute atomic E-state index is 13.5. The van der Waals surface area contributed by atoms with Crippen LogP contribution < -0.4 is 9.64 Å². The van der Waals surface area contributed by atoms with Crippen LogP contribution in [0.4, 0.5) is 5.69 Å². The number of nitrogens with zero attached hydrogens (tertiary/aromatic N) is 6. The predicted molar refractivity (Wildman–Crippen MR) is 125 cm³/mol. The highest BCUT2D eigenvalue weighted by molar-refractivity contribution is 6.34. The first kappa shape index (κ1) is 24.1. The fourth-order valence-corrected chi connectivity index (χ4v) is 3.90. The van der Waals surface area contributed by atoms with Crippen LogP contribution in [-0.2, 0) is 34.5 Å². The summed E-state index contributed by atoms with van der Waals surface area (Å²) < 4.78 is 11.9. The van der Waals surface area contributed by atoms with Gasteiger partial charge in [-0.3, -0.25) is 19.3 Å². The third kappa shape index (κ3) is 5.57. The quantitative estimate of drug-likeness (QED) is 0.358. The van der Waals surface area contributed by atoms with Gasteiger partial charge in [-0.25, -0.2) is 4.68 Å². The van der Waals surface area contributed by atoms with Gasteiger partial charge >= 0.3 is 5.97 Å². The number of hydrogen-bond donors (Lipinski definition) is 0. The second kappa shape index (κ2) is 10.5. The summed E-state index contributed by atoms with van der Waals surface area (Å²) >= 11 is 6.42. The van der Waals surface area contributed by atoms with Crippen molar-refractivity contribution in [2.45, 2.75) is 20.0 Å². The summed E-state index contributed by atoms with van der Waals surface area (Å²) in [5.74, 6) is -0.104. The summed E-state index contributed by atoms with van der Waals surface area (Å²) in [6, 6.07) is 12.0. The first-order valence-electron chi connectivity index (χ1n) is 10.8. The number of fused-ring (bicyclic) bond motifs is 1. The first-order valence-corrected chi connectivity index (χ1v) is 11.2. The number of anilines is 1. The van der Waals surface area contributed by atoms with Crippen LogP contribution >= 0.6 is 11.6 Å². The van der Waals surface area contributed by atoms with Gasteiger partial charge in [0.15, 0.2) is 5.82 Å². The maximum Gasteiger partial charge on any atom is 0.302 e. The van der Waals surface area contributed by atoms with Crippen molar-refractivity contribution < 1.29 is 23.9 Å². The molecule has 2 heterocycles. The molecule has 0 aliphatic carbocycles. The van der Waals surface area contributed by atoms with Gasteiger partial charge in [-0.15, -0.1) is 5.10 Å². The van der Waals surface area contributed by atoms with Gasteiger partial charge in [-0.05, 0) is 40.3 Å². The smallest absolute Gasteiger partial charge is 0.302 e. The second-order valence-electron chi connectivity index (χ2n) is 7.82. The molecule has 11 nitrogen and oxygen atoms in total. The fraction of sp³-hybridized carbons (Fsp3) is 0.304. The summed E-state index contributed by atoms with van der Waals surface area (Å²) in [5.41, 5.74) is 1.66. The third-order valence-corrected chi connectivity index (χ3v) is 5.72. The number of aryl methyl sites for hydroxylation is 1. The molecule has 12 heteroatoms. The number of tetrazole rings is 1. The molecule has 1 aliphatic heterocycles. The van der Waals surface area contributed by atoms with Crippen LogP contribution in [0.3, 0.4) is 0 Å². The lowest BCUT2D eigenvalue weighted by molar-refractivity contribution is -0.141. The van der Waals surface area contributed by atoms with Gasteiger partial charge in [0.1, 0.15) is 25.5 Å². The van der Waals surface area contributed by atoms with Crippen LogP contribution in [0.15, 0.2) is 42.5 Å². The molecular weight excluding hydrogens is 476 g/mol. The van der Waals surface area contributed by atoms with E-state index in [9.17, 15) is 14.4 Å². The number of hydrogen-bond acceptors (Lipinski definition) is 8. The molecule has 2 aromatic carbocycles. The van der Waals surface area contributed by atoms with Crippen molar-refractivity contribution in [3.8, 4) is 5.75 Å². The Morgan fingerprint density at radius 2 is 1.91 bits per heavy atom. The molecule has 0 saturated carbocycles. The lowest BCUT2D eigenvalue weighted by Crippen LogP contribution is -2.40. The summed E-state index contributed by atoms with van der Waals surface area (Å²) in [6.45, 7) is 1.90. The van der Waals surface area contributed by atoms with Crippen molar-refractivity contribution in [1.82, 2.24) is 25.1 Å². The molecule has 0 radical (unpaired) electrons. The Hall–Kier alpha value is -3.99. The number of aromatic nitrogens is 4. The first-order chi connectivity index (χ1) is 16.8. The zero-order chi connectivity index (χ0) is 24.9. The normalized spacial score (nSPS) is 13.3. The number of rotatable bonds is 7. The molecule has 35 heavy (non-hydrogen) atoms. The Bertz CT molecular complexity index is 1260. The standard InChI is InChI=1S/C23H23ClN6O5/c1-15(31)34-9-10-35-17-7-8-18(19(24)11-17)23(33)30-14-22(32)29(13-21-25-26-27-28(21)2)12-16-5-3-4-6-20(16)30/h3-8,11H,9-10,12-14H2,1-2H3. The van der Waals surface area contributed by atoms with Crippen molar-refractivity contribution in [1.29, 1.82) is 0 Å². The number of halogens is 1. The number of carbonyl (C=O) groups excluding carboxylic acids is 3. The van der Waals surface area contributed by atoms with Crippen LogP contribution in [0.5, 0.6) is 5.75 Å². The second-order valence-corrected chi connectivity index (χ2v) is 8.23. The summed E-state index contributed by atoms with van der Waals surface area (Å²) in [7, 11) is 1.70. The van der Waals surface area contributed by atoms with Gasteiger partial charge in [0.05, 0.1) is 17.1 Å². The Kier molecular flexibility index (Phi) is 7.25. The Balaban J connectivity index is 1.55. The van der Waals surface area contributed by atoms with Gasteiger partial charge in [-0.1, -0.05) is 29.8 Å². The van der Waals surface area contributed by atoms with E-state index in [1.54, 1.807) is 30.1 Å². The van der Waals surface area contributed by atoms with Crippen LogP contribution in [0.25, 0.3) is 0 Å². The molecule has 3 aromatic rings. The van der Waals surface area contributed by atoms with Crippen LogP contribution in [-0.4, -0.2) is 62.6 Å². The molecule has 0 bridgehead atoms. The highest BCUT2D eigenvalue weighted by Gasteiger charge is 2.31. The zero-order valence-electron chi connectivity index (χ0n) is 19.2. The molecule has 0 N–H and O–H groups in total. The zero-order valence-corrected chi connectivity index (χ0v) is 19.9. The van der Waals surface area contributed by atoms with Crippen molar-refractivity contribution in [3.63, 3.8) is 0 Å². The van der Waals surface area contributed by atoms with Gasteiger partial charge in [0.25, 0.3) is 5.91 Å². The van der Waals surface area contributed by atoms with Crippen molar-refractivity contribution in [2.24, 2.45) is 7.05 Å². The average Bonchev–Trinajstić information content (AvgIpc) is 3.17. The van der Waals surface area contributed by atoms with E-state index in [1.165, 1.54) is 22.6 Å². The largest absolute Gasteiger partial charge is 0.490 e. The molecule has 0 unspecified atom stereocenters. The van der Waals surface area contributed by atoms with E-state index >= 15 is 0 Å². The predicted octanol–water partition coefficient (Wildman–Crippen LogP) is 1.99. The number of ether oxygens (including phenoxy) is 2. The molecule has 0 fully saturated rings. The van der Waals surface area contributed by atoms with E-state index in [1.807, 2.05) is 18.2 Å². The van der Waals surface area contributed by atoms with Crippen LogP contribution in [0.2, 0.25) is 5.02 Å². The van der Waals surface area contributed by atoms with Gasteiger partial charge < -0.3 is 14.4 Å². The minimum Gasteiger partial charge on any atom is -0.490 e. The molecule has 182 valence electrons. The third-order valence-electron chi connectivity index (χ3n) is 5.40. The van der Waals surface area contributed by atoms with Crippen molar-refractivity contribution in [3.05, 3.63) is 64.4 Å². The fourth-order valence-electron chi connectivity index (χ4n) is 3.65. The Labute approximate surface area is 206 Å². The van der Waals surface area contributed by atoms with E-state index in [-0.39, 0.29) is 42.8 Å². The molecule has 0 saturated heterocycles. The SMILES string of the molecule is CC(=O)OCCOc1ccc(C(=O)N2CC(=O)N(Cc3nnnn3C)Cc3ccccc32)c(Cl)c1. The lowest BCUT2D eigenvalue weighted by atomic mass is 10.1. The molecule has 2 amide bonds. The lowest BCUT2D eigenvalue weighted by Gasteiger charge is -2.23. The van der Waals surface area contributed by atoms with E-state index in [2.05, 4.69) is 15.5 Å². The van der Waals surface area contributed by atoms with E-state index in [0.29, 0.717) is 23.8 Å². The van der Waals surface area contributed by atoms with Crippen LogP contribution in [0.1, 0.15) is 28.7 Å². The van der Waals surface area contributed by atoms with Gasteiger partial charge in [-0.2, -0.15) is 0 Å². The number of amides is 2. The topological polar surface area (TPSA) is 120 Å². The van der Waals surface area contributed by atoms with E-state index in [4.69, 9.17) is 21.1 Å². The number of benzene rings is 2. The molecule has 1 aliphatic rings. The number of carbonyl (C=O) groups is 3. The summed E-state index contributed by atoms with van der Waals surface area (Å²) in [6.07, 6.45) is 0. The molecule has 1 aromatic heterocycles. The van der Waals surface area contributed by atoms with Crippen molar-refractivity contribution >= 4 is 35.1 Å². The maximum atomic E-state index is 13.5. The van der Waals surface area contributed by atoms with E-state index in [0.717, 1.165) is 5.56 Å². The Morgan fingerprint density at radius 3 is 2.63 bits per heavy atom. The minimum atomic E-state index is -0.413. The molecular formula is C23H23ClN6O5.